The number of allylic oxidation sites excluding steroid dienone is 1. The van der Waals surface area contributed by atoms with Crippen molar-refractivity contribution in [3.63, 3.8) is 0 Å². The Balaban J connectivity index is 1.69. The first-order chi connectivity index (χ1) is 10.8. The average molecular weight is 287 g/mol. The Morgan fingerprint density at radius 1 is 1.00 bits per heavy atom. The average Bonchev–Trinajstić information content (AvgIpc) is 3.03. The summed E-state index contributed by atoms with van der Waals surface area (Å²) in [4.78, 5) is 8.58. The molecule has 1 aromatic carbocycles. The molecule has 108 valence electrons. The summed E-state index contributed by atoms with van der Waals surface area (Å²) < 4.78 is 2.05. The molecule has 0 amide bonds. The first-order valence-corrected chi connectivity index (χ1v) is 7.56. The van der Waals surface area contributed by atoms with Crippen molar-refractivity contribution in [1.29, 1.82) is 0 Å². The molecular formula is C19H17N3. The second kappa shape index (κ2) is 5.26. The molecule has 2 aromatic heterocycles. The Bertz CT molecular complexity index is 869. The lowest BCUT2D eigenvalue weighted by atomic mass is 9.90. The van der Waals surface area contributed by atoms with Crippen LogP contribution in [0.1, 0.15) is 18.9 Å². The Morgan fingerprint density at radius 2 is 1.77 bits per heavy atom. The van der Waals surface area contributed by atoms with Crippen molar-refractivity contribution in [1.82, 2.24) is 9.38 Å². The Kier molecular flexibility index (Phi) is 3.11. The molecule has 0 saturated heterocycles. The van der Waals surface area contributed by atoms with Crippen LogP contribution in [0.15, 0.2) is 66.2 Å². The third-order valence-electron chi connectivity index (χ3n) is 4.25. The largest absolute Gasteiger partial charge is 0.306 e. The van der Waals surface area contributed by atoms with Crippen LogP contribution in [0.3, 0.4) is 0 Å². The van der Waals surface area contributed by atoms with Crippen molar-refractivity contribution in [2.24, 2.45) is 10.9 Å². The fourth-order valence-electron chi connectivity index (χ4n) is 2.91. The lowest BCUT2D eigenvalue weighted by Crippen LogP contribution is -2.03. The van der Waals surface area contributed by atoms with Gasteiger partial charge in [0.15, 0.2) is 0 Å². The van der Waals surface area contributed by atoms with E-state index in [9.17, 15) is 0 Å². The SMILES string of the molecule is CC1CC=NC=C1c1ccc(-c2ccc3nccn3c2)cc1. The molecule has 1 atom stereocenters. The molecule has 0 spiro atoms. The molecule has 22 heavy (non-hydrogen) atoms. The van der Waals surface area contributed by atoms with Crippen molar-refractivity contribution in [3.05, 3.63) is 66.8 Å². The molecule has 3 nitrogen and oxygen atoms in total. The molecule has 1 unspecified atom stereocenters. The quantitative estimate of drug-likeness (QED) is 0.684. The summed E-state index contributed by atoms with van der Waals surface area (Å²) in [6, 6.07) is 12.9. The molecule has 3 aromatic rings. The molecule has 0 saturated carbocycles. The summed E-state index contributed by atoms with van der Waals surface area (Å²) >= 11 is 0. The van der Waals surface area contributed by atoms with E-state index in [-0.39, 0.29) is 0 Å². The highest BCUT2D eigenvalue weighted by atomic mass is 15.0. The van der Waals surface area contributed by atoms with E-state index in [0.717, 1.165) is 12.1 Å². The number of pyridine rings is 1. The molecular weight excluding hydrogens is 270 g/mol. The van der Waals surface area contributed by atoms with Crippen LogP contribution in [0.2, 0.25) is 0 Å². The van der Waals surface area contributed by atoms with Crippen LogP contribution in [0, 0.1) is 5.92 Å². The minimum atomic E-state index is 0.533. The summed E-state index contributed by atoms with van der Waals surface area (Å²) in [6.45, 7) is 2.25. The van der Waals surface area contributed by atoms with E-state index in [1.807, 2.05) is 35.3 Å². The molecule has 1 aliphatic heterocycles. The maximum absolute atomic E-state index is 4.30. The Hall–Kier alpha value is -2.68. The summed E-state index contributed by atoms with van der Waals surface area (Å²) in [7, 11) is 0. The summed E-state index contributed by atoms with van der Waals surface area (Å²) in [5.74, 6) is 0.533. The van der Waals surface area contributed by atoms with Gasteiger partial charge in [-0.3, -0.25) is 4.99 Å². The monoisotopic (exact) mass is 287 g/mol. The van der Waals surface area contributed by atoms with Gasteiger partial charge in [-0.1, -0.05) is 31.2 Å². The van der Waals surface area contributed by atoms with Crippen LogP contribution in [0.5, 0.6) is 0 Å². The molecule has 1 aliphatic rings. The van der Waals surface area contributed by atoms with Crippen molar-refractivity contribution >= 4 is 17.4 Å². The van der Waals surface area contributed by atoms with Gasteiger partial charge in [0.2, 0.25) is 0 Å². The predicted octanol–water partition coefficient (Wildman–Crippen LogP) is 4.45. The number of benzene rings is 1. The van der Waals surface area contributed by atoms with Gasteiger partial charge in [0.05, 0.1) is 0 Å². The van der Waals surface area contributed by atoms with E-state index >= 15 is 0 Å². The second-order valence-electron chi connectivity index (χ2n) is 5.74. The zero-order chi connectivity index (χ0) is 14.9. The number of hydrogen-bond acceptors (Lipinski definition) is 2. The van der Waals surface area contributed by atoms with Crippen LogP contribution in [0.4, 0.5) is 0 Å². The normalized spacial score (nSPS) is 17.7. The zero-order valence-electron chi connectivity index (χ0n) is 12.5. The molecule has 3 heterocycles. The van der Waals surface area contributed by atoms with Gasteiger partial charge in [-0.25, -0.2) is 4.98 Å². The minimum absolute atomic E-state index is 0.533. The van der Waals surface area contributed by atoms with Crippen LogP contribution < -0.4 is 0 Å². The van der Waals surface area contributed by atoms with Crippen molar-refractivity contribution in [2.75, 3.05) is 0 Å². The van der Waals surface area contributed by atoms with E-state index in [1.54, 1.807) is 0 Å². The van der Waals surface area contributed by atoms with E-state index in [1.165, 1.54) is 22.3 Å². The molecule has 0 aliphatic carbocycles. The molecule has 4 rings (SSSR count). The number of fused-ring (bicyclic) bond motifs is 1. The van der Waals surface area contributed by atoms with Crippen molar-refractivity contribution in [2.45, 2.75) is 13.3 Å². The van der Waals surface area contributed by atoms with E-state index in [0.29, 0.717) is 5.92 Å². The maximum atomic E-state index is 4.30. The van der Waals surface area contributed by atoms with Gasteiger partial charge < -0.3 is 4.40 Å². The highest BCUT2D eigenvalue weighted by Crippen LogP contribution is 2.29. The van der Waals surface area contributed by atoms with Crippen LogP contribution in [0.25, 0.3) is 22.3 Å². The molecule has 0 fully saturated rings. The number of imidazole rings is 1. The maximum Gasteiger partial charge on any atom is 0.136 e. The Labute approximate surface area is 129 Å². The summed E-state index contributed by atoms with van der Waals surface area (Å²) in [5.41, 5.74) is 5.96. The standard InChI is InChI=1S/C19H17N3/c1-14-8-9-20-12-18(14)16-4-2-15(3-5-16)17-6-7-19-21-10-11-22(19)13-17/h2-7,9-14H,8H2,1H3. The highest BCUT2D eigenvalue weighted by Gasteiger charge is 2.12. The molecule has 0 N–H and O–H groups in total. The third kappa shape index (κ3) is 2.25. The Morgan fingerprint density at radius 3 is 2.59 bits per heavy atom. The predicted molar refractivity (Wildman–Crippen MR) is 90.9 cm³/mol. The number of rotatable bonds is 2. The highest BCUT2D eigenvalue weighted by molar-refractivity contribution is 5.77. The number of aromatic nitrogens is 2. The molecule has 0 radical (unpaired) electrons. The second-order valence-corrected chi connectivity index (χ2v) is 5.74. The van der Waals surface area contributed by atoms with Crippen LogP contribution >= 0.6 is 0 Å². The molecule has 0 bridgehead atoms. The van der Waals surface area contributed by atoms with Crippen LogP contribution in [-0.2, 0) is 0 Å². The van der Waals surface area contributed by atoms with Gasteiger partial charge in [-0.2, -0.15) is 0 Å². The van der Waals surface area contributed by atoms with E-state index < -0.39 is 0 Å². The van der Waals surface area contributed by atoms with Crippen LogP contribution in [-0.4, -0.2) is 15.6 Å². The smallest absolute Gasteiger partial charge is 0.136 e. The zero-order valence-corrected chi connectivity index (χ0v) is 12.5. The molecule has 3 heteroatoms. The third-order valence-corrected chi connectivity index (χ3v) is 4.25. The lowest BCUT2D eigenvalue weighted by Gasteiger charge is -2.17. The fraction of sp³-hybridized carbons (Fsp3) is 0.158. The summed E-state index contributed by atoms with van der Waals surface area (Å²) in [6.07, 6.45) is 10.9. The van der Waals surface area contributed by atoms with Gasteiger partial charge in [0.25, 0.3) is 0 Å². The van der Waals surface area contributed by atoms with E-state index in [2.05, 4.69) is 53.4 Å². The number of nitrogens with zero attached hydrogens (tertiary/aromatic N) is 3. The minimum Gasteiger partial charge on any atom is -0.306 e. The first kappa shape index (κ1) is 13.0. The fourth-order valence-corrected chi connectivity index (χ4v) is 2.91. The van der Waals surface area contributed by atoms with Gasteiger partial charge in [0, 0.05) is 31.0 Å². The van der Waals surface area contributed by atoms with E-state index in [4.69, 9.17) is 0 Å². The van der Waals surface area contributed by atoms with Gasteiger partial charge in [-0.05, 0) is 46.7 Å². The van der Waals surface area contributed by atoms with Gasteiger partial charge in [-0.15, -0.1) is 0 Å². The number of hydrogen-bond donors (Lipinski definition) is 0. The summed E-state index contributed by atoms with van der Waals surface area (Å²) in [5, 5.41) is 0. The number of aliphatic imine (C=N–C) groups is 1. The topological polar surface area (TPSA) is 29.7 Å². The van der Waals surface area contributed by atoms with Gasteiger partial charge >= 0.3 is 0 Å². The van der Waals surface area contributed by atoms with Crippen molar-refractivity contribution < 1.29 is 0 Å². The van der Waals surface area contributed by atoms with Gasteiger partial charge in [0.1, 0.15) is 5.65 Å². The van der Waals surface area contributed by atoms with Crippen molar-refractivity contribution in [3.8, 4) is 11.1 Å². The first-order valence-electron chi connectivity index (χ1n) is 7.56. The lowest BCUT2D eigenvalue weighted by molar-refractivity contribution is 0.788.